The van der Waals surface area contributed by atoms with Gasteiger partial charge in [0.15, 0.2) is 5.78 Å². The number of hydrogen-bond donors (Lipinski definition) is 1. The van der Waals surface area contributed by atoms with E-state index in [1.165, 1.54) is 6.92 Å². The zero-order chi connectivity index (χ0) is 18.7. The number of ketones is 1. The second-order valence-corrected chi connectivity index (χ2v) is 6.23. The van der Waals surface area contributed by atoms with Crippen molar-refractivity contribution in [1.82, 2.24) is 0 Å². The first-order valence-electron chi connectivity index (χ1n) is 8.34. The SMILES string of the molecule is COc1ccc(N2CC(C(=O)Nc3ccc(C(C)=O)cc3)CC2=O)cc1. The Morgan fingerprint density at radius 1 is 1.08 bits per heavy atom. The molecule has 0 spiro atoms. The Labute approximate surface area is 151 Å². The van der Waals surface area contributed by atoms with Gasteiger partial charge >= 0.3 is 0 Å². The van der Waals surface area contributed by atoms with Crippen LogP contribution in [0.5, 0.6) is 5.75 Å². The lowest BCUT2D eigenvalue weighted by Gasteiger charge is -2.17. The van der Waals surface area contributed by atoms with Gasteiger partial charge in [-0.1, -0.05) is 0 Å². The van der Waals surface area contributed by atoms with Crippen molar-refractivity contribution in [3.05, 3.63) is 54.1 Å². The van der Waals surface area contributed by atoms with Crippen LogP contribution < -0.4 is 15.0 Å². The molecule has 2 aromatic carbocycles. The van der Waals surface area contributed by atoms with E-state index in [1.807, 2.05) is 0 Å². The van der Waals surface area contributed by atoms with Crippen LogP contribution in [-0.4, -0.2) is 31.3 Å². The van der Waals surface area contributed by atoms with Gasteiger partial charge in [-0.05, 0) is 55.5 Å². The summed E-state index contributed by atoms with van der Waals surface area (Å²) in [5, 5.41) is 2.81. The zero-order valence-electron chi connectivity index (χ0n) is 14.7. The Bertz CT molecular complexity index is 828. The number of nitrogens with zero attached hydrogens (tertiary/aromatic N) is 1. The third kappa shape index (κ3) is 3.74. The van der Waals surface area contributed by atoms with Crippen molar-refractivity contribution < 1.29 is 19.1 Å². The van der Waals surface area contributed by atoms with Gasteiger partial charge in [-0.25, -0.2) is 0 Å². The molecule has 2 amide bonds. The number of Topliss-reactive ketones (excluding diaryl/α,β-unsaturated/α-hetero) is 1. The lowest BCUT2D eigenvalue weighted by atomic mass is 10.1. The number of ether oxygens (including phenoxy) is 1. The van der Waals surface area contributed by atoms with Crippen LogP contribution >= 0.6 is 0 Å². The lowest BCUT2D eigenvalue weighted by molar-refractivity contribution is -0.122. The molecule has 1 saturated heterocycles. The van der Waals surface area contributed by atoms with E-state index in [9.17, 15) is 14.4 Å². The van der Waals surface area contributed by atoms with Crippen LogP contribution in [0, 0.1) is 5.92 Å². The average Bonchev–Trinajstić information content (AvgIpc) is 3.04. The van der Waals surface area contributed by atoms with E-state index in [-0.39, 0.29) is 24.0 Å². The second kappa shape index (κ2) is 7.39. The molecule has 6 nitrogen and oxygen atoms in total. The van der Waals surface area contributed by atoms with Gasteiger partial charge in [0.25, 0.3) is 0 Å². The fourth-order valence-corrected chi connectivity index (χ4v) is 2.93. The number of carbonyl (C=O) groups is 3. The lowest BCUT2D eigenvalue weighted by Crippen LogP contribution is -2.28. The first-order valence-corrected chi connectivity index (χ1v) is 8.34. The molecule has 6 heteroatoms. The highest BCUT2D eigenvalue weighted by Crippen LogP contribution is 2.27. The normalized spacial score (nSPS) is 16.5. The maximum atomic E-state index is 12.5. The highest BCUT2D eigenvalue weighted by Gasteiger charge is 2.35. The van der Waals surface area contributed by atoms with Crippen molar-refractivity contribution >= 4 is 29.0 Å². The van der Waals surface area contributed by atoms with Crippen molar-refractivity contribution in [1.29, 1.82) is 0 Å². The molecular weight excluding hydrogens is 332 g/mol. The van der Waals surface area contributed by atoms with Crippen molar-refractivity contribution in [3.8, 4) is 5.75 Å². The van der Waals surface area contributed by atoms with Crippen LogP contribution in [0.15, 0.2) is 48.5 Å². The molecule has 0 saturated carbocycles. The number of nitrogens with one attached hydrogen (secondary N) is 1. The van der Waals surface area contributed by atoms with Gasteiger partial charge in [0, 0.05) is 29.9 Å². The van der Waals surface area contributed by atoms with Gasteiger partial charge in [-0.2, -0.15) is 0 Å². The van der Waals surface area contributed by atoms with Crippen LogP contribution in [0.3, 0.4) is 0 Å². The van der Waals surface area contributed by atoms with Crippen LogP contribution in [0.2, 0.25) is 0 Å². The fourth-order valence-electron chi connectivity index (χ4n) is 2.93. The number of anilines is 2. The summed E-state index contributed by atoms with van der Waals surface area (Å²) in [6, 6.07) is 13.9. The molecule has 1 aliphatic rings. The molecule has 1 unspecified atom stereocenters. The molecule has 3 rings (SSSR count). The maximum Gasteiger partial charge on any atom is 0.229 e. The standard InChI is InChI=1S/C20H20N2O4/c1-13(23)14-3-5-16(6-4-14)21-20(25)15-11-19(24)22(12-15)17-7-9-18(26-2)10-8-17/h3-10,15H,11-12H2,1-2H3,(H,21,25). The van der Waals surface area contributed by atoms with Crippen molar-refractivity contribution in [2.45, 2.75) is 13.3 Å². The Morgan fingerprint density at radius 2 is 1.73 bits per heavy atom. The van der Waals surface area contributed by atoms with Crippen LogP contribution in [0.1, 0.15) is 23.7 Å². The minimum atomic E-state index is -0.419. The summed E-state index contributed by atoms with van der Waals surface area (Å²) in [5.41, 5.74) is 1.94. The van der Waals surface area contributed by atoms with Gasteiger partial charge in [0.05, 0.1) is 13.0 Å². The molecule has 0 radical (unpaired) electrons. The number of carbonyl (C=O) groups excluding carboxylic acids is 3. The van der Waals surface area contributed by atoms with Gasteiger partial charge < -0.3 is 15.0 Å². The zero-order valence-corrected chi connectivity index (χ0v) is 14.7. The van der Waals surface area contributed by atoms with Gasteiger partial charge in [0.2, 0.25) is 11.8 Å². The predicted octanol–water partition coefficient (Wildman–Crippen LogP) is 2.89. The van der Waals surface area contributed by atoms with Crippen LogP contribution in [0.4, 0.5) is 11.4 Å². The Kier molecular flexibility index (Phi) is 5.02. The third-order valence-corrected chi connectivity index (χ3v) is 4.44. The summed E-state index contributed by atoms with van der Waals surface area (Å²) < 4.78 is 5.12. The van der Waals surface area contributed by atoms with E-state index in [2.05, 4.69) is 5.32 Å². The first-order chi connectivity index (χ1) is 12.5. The van der Waals surface area contributed by atoms with E-state index in [0.717, 1.165) is 5.69 Å². The molecule has 0 bridgehead atoms. The van der Waals surface area contributed by atoms with E-state index in [1.54, 1.807) is 60.5 Å². The summed E-state index contributed by atoms with van der Waals surface area (Å²) in [6.45, 7) is 1.83. The molecule has 0 aliphatic carbocycles. The smallest absolute Gasteiger partial charge is 0.229 e. The van der Waals surface area contributed by atoms with Crippen molar-refractivity contribution in [2.24, 2.45) is 5.92 Å². The summed E-state index contributed by atoms with van der Waals surface area (Å²) in [5.74, 6) is -0.0210. The molecule has 2 aromatic rings. The average molecular weight is 352 g/mol. The summed E-state index contributed by atoms with van der Waals surface area (Å²) >= 11 is 0. The number of amides is 2. The summed E-state index contributed by atoms with van der Waals surface area (Å²) in [7, 11) is 1.58. The monoisotopic (exact) mass is 352 g/mol. The molecular formula is C20H20N2O4. The van der Waals surface area contributed by atoms with Crippen molar-refractivity contribution in [3.63, 3.8) is 0 Å². The fraction of sp³-hybridized carbons (Fsp3) is 0.250. The predicted molar refractivity (Wildman–Crippen MR) is 98.5 cm³/mol. The van der Waals surface area contributed by atoms with E-state index in [0.29, 0.717) is 23.5 Å². The van der Waals surface area contributed by atoms with Gasteiger partial charge in [-0.15, -0.1) is 0 Å². The maximum absolute atomic E-state index is 12.5. The van der Waals surface area contributed by atoms with Crippen molar-refractivity contribution in [2.75, 3.05) is 23.9 Å². The molecule has 26 heavy (non-hydrogen) atoms. The number of hydrogen-bond acceptors (Lipinski definition) is 4. The highest BCUT2D eigenvalue weighted by atomic mass is 16.5. The van der Waals surface area contributed by atoms with Gasteiger partial charge in [-0.3, -0.25) is 14.4 Å². The Hall–Kier alpha value is -3.15. The van der Waals surface area contributed by atoms with E-state index < -0.39 is 5.92 Å². The first kappa shape index (κ1) is 17.7. The summed E-state index contributed by atoms with van der Waals surface area (Å²) in [6.07, 6.45) is 0.170. The quantitative estimate of drug-likeness (QED) is 0.840. The van der Waals surface area contributed by atoms with Crippen LogP contribution in [-0.2, 0) is 9.59 Å². The third-order valence-electron chi connectivity index (χ3n) is 4.44. The molecule has 1 heterocycles. The minimum Gasteiger partial charge on any atom is -0.497 e. The number of rotatable bonds is 5. The molecule has 1 atom stereocenters. The largest absolute Gasteiger partial charge is 0.497 e. The van der Waals surface area contributed by atoms with Gasteiger partial charge in [0.1, 0.15) is 5.75 Å². The molecule has 1 N–H and O–H groups in total. The highest BCUT2D eigenvalue weighted by molar-refractivity contribution is 6.03. The summed E-state index contributed by atoms with van der Waals surface area (Å²) in [4.78, 5) is 37.7. The molecule has 1 fully saturated rings. The van der Waals surface area contributed by atoms with E-state index >= 15 is 0 Å². The number of methoxy groups -OCH3 is 1. The Morgan fingerprint density at radius 3 is 2.31 bits per heavy atom. The Balaban J connectivity index is 1.65. The minimum absolute atomic E-state index is 0.0283. The second-order valence-electron chi connectivity index (χ2n) is 6.23. The molecule has 134 valence electrons. The molecule has 1 aliphatic heterocycles. The number of benzene rings is 2. The van der Waals surface area contributed by atoms with Crippen LogP contribution in [0.25, 0.3) is 0 Å². The topological polar surface area (TPSA) is 75.7 Å². The molecule has 0 aromatic heterocycles. The van der Waals surface area contributed by atoms with E-state index in [4.69, 9.17) is 4.74 Å².